The van der Waals surface area contributed by atoms with Gasteiger partial charge in [-0.15, -0.1) is 0 Å². The Labute approximate surface area is 124 Å². The first-order valence-corrected chi connectivity index (χ1v) is 6.93. The summed E-state index contributed by atoms with van der Waals surface area (Å²) in [5, 5.41) is 18.6. The van der Waals surface area contributed by atoms with Crippen molar-refractivity contribution in [1.29, 1.82) is 0 Å². The topological polar surface area (TPSA) is 96.3 Å². The van der Waals surface area contributed by atoms with Gasteiger partial charge in [-0.3, -0.25) is 4.68 Å². The minimum absolute atomic E-state index is 0.319. The van der Waals surface area contributed by atoms with Gasteiger partial charge in [0.15, 0.2) is 0 Å². The molecule has 1 aromatic heterocycles. The average molecular weight is 296 g/mol. The summed E-state index contributed by atoms with van der Waals surface area (Å²) in [6.45, 7) is 7.61. The minimum Gasteiger partial charge on any atom is -0.480 e. The van der Waals surface area contributed by atoms with Gasteiger partial charge in [0.25, 0.3) is 0 Å². The molecule has 0 spiro atoms. The molecule has 1 aromatic rings. The van der Waals surface area contributed by atoms with E-state index in [0.717, 1.165) is 17.7 Å². The van der Waals surface area contributed by atoms with Gasteiger partial charge in [-0.25, -0.2) is 9.59 Å². The van der Waals surface area contributed by atoms with E-state index in [-0.39, 0.29) is 0 Å². The lowest BCUT2D eigenvalue weighted by molar-refractivity contribution is -0.141. The van der Waals surface area contributed by atoms with Gasteiger partial charge >= 0.3 is 12.0 Å². The second-order valence-electron chi connectivity index (χ2n) is 6.09. The van der Waals surface area contributed by atoms with Gasteiger partial charge < -0.3 is 15.7 Å². The third kappa shape index (κ3) is 4.77. The van der Waals surface area contributed by atoms with Crippen molar-refractivity contribution < 1.29 is 14.7 Å². The van der Waals surface area contributed by atoms with Crippen LogP contribution in [-0.4, -0.2) is 32.9 Å². The molecule has 21 heavy (non-hydrogen) atoms. The average Bonchev–Trinajstić information content (AvgIpc) is 2.72. The summed E-state index contributed by atoms with van der Waals surface area (Å²) in [4.78, 5) is 23.1. The van der Waals surface area contributed by atoms with E-state index >= 15 is 0 Å². The lowest BCUT2D eigenvalue weighted by atomic mass is 9.87. The number of hydrogen-bond donors (Lipinski definition) is 3. The molecule has 0 fully saturated rings. The number of nitrogens with zero attached hydrogens (tertiary/aromatic N) is 2. The normalized spacial score (nSPS) is 12.8. The van der Waals surface area contributed by atoms with Crippen molar-refractivity contribution in [2.24, 2.45) is 12.5 Å². The van der Waals surface area contributed by atoms with Crippen LogP contribution in [-0.2, 0) is 24.8 Å². The van der Waals surface area contributed by atoms with Gasteiger partial charge in [-0.05, 0) is 11.8 Å². The van der Waals surface area contributed by atoms with E-state index in [9.17, 15) is 14.7 Å². The fourth-order valence-corrected chi connectivity index (χ4v) is 2.04. The predicted molar refractivity (Wildman–Crippen MR) is 78.8 cm³/mol. The summed E-state index contributed by atoms with van der Waals surface area (Å²) >= 11 is 0. The van der Waals surface area contributed by atoms with E-state index in [4.69, 9.17) is 0 Å². The first-order valence-electron chi connectivity index (χ1n) is 6.93. The minimum atomic E-state index is -1.05. The Hall–Kier alpha value is -2.05. The molecular weight excluding hydrogens is 272 g/mol. The molecule has 1 rings (SSSR count). The van der Waals surface area contributed by atoms with Crippen molar-refractivity contribution in [3.05, 3.63) is 17.5 Å². The predicted octanol–water partition coefficient (Wildman–Crippen LogP) is 1.28. The maximum Gasteiger partial charge on any atom is 0.326 e. The molecule has 0 aliphatic rings. The van der Waals surface area contributed by atoms with E-state index in [2.05, 4.69) is 15.7 Å². The first-order chi connectivity index (χ1) is 9.65. The van der Waals surface area contributed by atoms with E-state index in [0.29, 0.717) is 6.54 Å². The van der Waals surface area contributed by atoms with E-state index in [1.807, 2.05) is 20.2 Å². The molecule has 1 heterocycles. The van der Waals surface area contributed by atoms with Crippen LogP contribution in [0.15, 0.2) is 6.20 Å². The van der Waals surface area contributed by atoms with Crippen molar-refractivity contribution in [3.63, 3.8) is 0 Å². The van der Waals surface area contributed by atoms with E-state index < -0.39 is 23.5 Å². The van der Waals surface area contributed by atoms with Crippen LogP contribution in [0.4, 0.5) is 4.79 Å². The number of rotatable bonds is 5. The standard InChI is InChI=1S/C14H24N4O3/c1-6-10-9(8-18(5)17-10)7-15-13(21)16-11(12(19)20)14(2,3)4/h8,11H,6-7H2,1-5H3,(H,19,20)(H2,15,16,21)/t11-/m1/s1. The highest BCUT2D eigenvalue weighted by Crippen LogP contribution is 2.19. The molecule has 0 aliphatic carbocycles. The lowest BCUT2D eigenvalue weighted by Gasteiger charge is -2.27. The van der Waals surface area contributed by atoms with Crippen molar-refractivity contribution in [2.45, 2.75) is 46.7 Å². The van der Waals surface area contributed by atoms with Crippen LogP contribution >= 0.6 is 0 Å². The number of carbonyl (C=O) groups is 2. The molecular formula is C14H24N4O3. The Morgan fingerprint density at radius 3 is 2.52 bits per heavy atom. The Morgan fingerprint density at radius 2 is 2.05 bits per heavy atom. The highest BCUT2D eigenvalue weighted by atomic mass is 16.4. The van der Waals surface area contributed by atoms with Gasteiger partial charge in [0.1, 0.15) is 6.04 Å². The molecule has 0 saturated carbocycles. The van der Waals surface area contributed by atoms with Crippen LogP contribution in [0.5, 0.6) is 0 Å². The molecule has 0 bridgehead atoms. The second kappa shape index (κ2) is 6.60. The van der Waals surface area contributed by atoms with Crippen LogP contribution in [0, 0.1) is 5.41 Å². The Kier molecular flexibility index (Phi) is 5.34. The van der Waals surface area contributed by atoms with Crippen LogP contribution < -0.4 is 10.6 Å². The molecule has 1 atom stereocenters. The highest BCUT2D eigenvalue weighted by molar-refractivity contribution is 5.83. The summed E-state index contributed by atoms with van der Waals surface area (Å²) in [7, 11) is 1.82. The molecule has 0 aromatic carbocycles. The van der Waals surface area contributed by atoms with Gasteiger partial charge in [0.05, 0.1) is 5.69 Å². The molecule has 7 heteroatoms. The summed E-state index contributed by atoms with van der Waals surface area (Å²) in [5.74, 6) is -1.05. The number of aryl methyl sites for hydroxylation is 2. The van der Waals surface area contributed by atoms with Crippen LogP contribution in [0.3, 0.4) is 0 Å². The van der Waals surface area contributed by atoms with Gasteiger partial charge in [-0.2, -0.15) is 5.10 Å². The summed E-state index contributed by atoms with van der Waals surface area (Å²) in [6, 6.07) is -1.44. The fraction of sp³-hybridized carbons (Fsp3) is 0.643. The Bertz CT molecular complexity index is 517. The van der Waals surface area contributed by atoms with Crippen molar-refractivity contribution in [3.8, 4) is 0 Å². The van der Waals surface area contributed by atoms with Gasteiger partial charge in [-0.1, -0.05) is 27.7 Å². The zero-order valence-corrected chi connectivity index (χ0v) is 13.2. The Morgan fingerprint density at radius 1 is 1.43 bits per heavy atom. The maximum atomic E-state index is 11.9. The molecule has 2 amide bonds. The van der Waals surface area contributed by atoms with Crippen LogP contribution in [0.25, 0.3) is 0 Å². The first kappa shape index (κ1) is 17.0. The summed E-state index contributed by atoms with van der Waals surface area (Å²) in [5.41, 5.74) is 1.28. The van der Waals surface area contributed by atoms with Crippen molar-refractivity contribution in [2.75, 3.05) is 0 Å². The zero-order chi connectivity index (χ0) is 16.2. The lowest BCUT2D eigenvalue weighted by Crippen LogP contribution is -2.52. The number of nitrogens with one attached hydrogen (secondary N) is 2. The highest BCUT2D eigenvalue weighted by Gasteiger charge is 2.32. The monoisotopic (exact) mass is 296 g/mol. The summed E-state index contributed by atoms with van der Waals surface area (Å²) < 4.78 is 1.70. The second-order valence-corrected chi connectivity index (χ2v) is 6.09. The van der Waals surface area contributed by atoms with Crippen LogP contribution in [0.1, 0.15) is 39.0 Å². The smallest absolute Gasteiger partial charge is 0.326 e. The molecule has 3 N–H and O–H groups in total. The maximum absolute atomic E-state index is 11.9. The van der Waals surface area contributed by atoms with E-state index in [1.54, 1.807) is 25.5 Å². The third-order valence-electron chi connectivity index (χ3n) is 3.15. The largest absolute Gasteiger partial charge is 0.480 e. The zero-order valence-electron chi connectivity index (χ0n) is 13.2. The molecule has 118 valence electrons. The molecule has 0 saturated heterocycles. The molecule has 0 unspecified atom stereocenters. The quantitative estimate of drug-likeness (QED) is 0.762. The summed E-state index contributed by atoms with van der Waals surface area (Å²) in [6.07, 6.45) is 2.62. The van der Waals surface area contributed by atoms with E-state index in [1.165, 1.54) is 0 Å². The fourth-order valence-electron chi connectivity index (χ4n) is 2.04. The molecule has 0 aliphatic heterocycles. The number of carboxylic acids is 1. The molecule has 7 nitrogen and oxygen atoms in total. The number of hydrogen-bond acceptors (Lipinski definition) is 3. The molecule has 0 radical (unpaired) electrons. The van der Waals surface area contributed by atoms with Gasteiger partial charge in [0.2, 0.25) is 0 Å². The van der Waals surface area contributed by atoms with Crippen molar-refractivity contribution in [1.82, 2.24) is 20.4 Å². The number of carboxylic acid groups (broad SMARTS) is 1. The van der Waals surface area contributed by atoms with Gasteiger partial charge in [0, 0.05) is 25.4 Å². The number of urea groups is 1. The van der Waals surface area contributed by atoms with Crippen LogP contribution in [0.2, 0.25) is 0 Å². The number of carbonyl (C=O) groups excluding carboxylic acids is 1. The number of amides is 2. The SMILES string of the molecule is CCc1nn(C)cc1CNC(=O)N[C@H](C(=O)O)C(C)(C)C. The third-order valence-corrected chi connectivity index (χ3v) is 3.15. The van der Waals surface area contributed by atoms with Crippen molar-refractivity contribution >= 4 is 12.0 Å². The Balaban J connectivity index is 2.63. The number of aromatic nitrogens is 2. The number of aliphatic carboxylic acids is 1.